The number of hydrogen-bond donors (Lipinski definition) is 2. The summed E-state index contributed by atoms with van der Waals surface area (Å²) in [6, 6.07) is 0.705. The van der Waals surface area contributed by atoms with Gasteiger partial charge in [-0.1, -0.05) is 6.42 Å². The van der Waals surface area contributed by atoms with Crippen molar-refractivity contribution in [2.75, 3.05) is 12.8 Å². The van der Waals surface area contributed by atoms with E-state index in [1.165, 1.54) is 13.8 Å². The highest BCUT2D eigenvalue weighted by Gasteiger charge is 2.38. The van der Waals surface area contributed by atoms with Crippen LogP contribution in [0.5, 0.6) is 0 Å². The molecule has 0 aromatic heterocycles. The maximum absolute atomic E-state index is 11.9. The molecule has 1 rings (SSSR count). The zero-order valence-corrected chi connectivity index (χ0v) is 12.4. The van der Waals surface area contributed by atoms with Crippen LogP contribution < -0.4 is 10.6 Å². The Kier molecular flexibility index (Phi) is 4.78. The van der Waals surface area contributed by atoms with Crippen LogP contribution in [-0.2, 0) is 14.6 Å². The minimum atomic E-state index is -3.40. The van der Waals surface area contributed by atoms with Crippen LogP contribution in [0.3, 0.4) is 0 Å². The quantitative estimate of drug-likeness (QED) is 0.782. The fourth-order valence-corrected chi connectivity index (χ4v) is 2.41. The Morgan fingerprint density at radius 1 is 1.39 bits per heavy atom. The second kappa shape index (κ2) is 5.57. The highest BCUT2D eigenvalue weighted by atomic mass is 32.2. The maximum Gasteiger partial charge on any atom is 0.240 e. The highest BCUT2D eigenvalue weighted by Crippen LogP contribution is 2.16. The van der Waals surface area contributed by atoms with Crippen LogP contribution in [0.25, 0.3) is 0 Å². The van der Waals surface area contributed by atoms with Crippen LogP contribution in [0, 0.1) is 0 Å². The summed E-state index contributed by atoms with van der Waals surface area (Å²) in [5.74, 6) is -0.426. The monoisotopic (exact) mass is 276 g/mol. The van der Waals surface area contributed by atoms with Crippen molar-refractivity contribution in [1.82, 2.24) is 10.6 Å². The van der Waals surface area contributed by atoms with Gasteiger partial charge in [0.1, 0.15) is 4.75 Å². The number of carbonyl (C=O) groups excluding carboxylic acids is 1. The Labute approximate surface area is 110 Å². The molecule has 0 saturated carbocycles. The zero-order valence-electron chi connectivity index (χ0n) is 11.6. The molecule has 0 aromatic carbocycles. The van der Waals surface area contributed by atoms with E-state index in [1.807, 2.05) is 0 Å². The van der Waals surface area contributed by atoms with E-state index < -0.39 is 20.5 Å². The molecule has 1 fully saturated rings. The molecule has 18 heavy (non-hydrogen) atoms. The molecular formula is C12H24N2O3S. The molecule has 1 saturated heterocycles. The fraction of sp³-hybridized carbons (Fsp3) is 0.917. The van der Waals surface area contributed by atoms with E-state index in [1.54, 1.807) is 0 Å². The van der Waals surface area contributed by atoms with Crippen LogP contribution in [0.15, 0.2) is 0 Å². The molecule has 0 bridgehead atoms. The third-order valence-electron chi connectivity index (χ3n) is 3.69. The minimum Gasteiger partial charge on any atom is -0.353 e. The molecule has 106 valence electrons. The van der Waals surface area contributed by atoms with E-state index in [2.05, 4.69) is 17.6 Å². The maximum atomic E-state index is 11.9. The molecule has 2 N–H and O–H groups in total. The van der Waals surface area contributed by atoms with Gasteiger partial charge in [-0.05, 0) is 33.6 Å². The molecule has 0 aromatic rings. The molecule has 5 nitrogen and oxygen atoms in total. The lowest BCUT2D eigenvalue weighted by Crippen LogP contribution is -2.53. The molecule has 1 aliphatic heterocycles. The Hall–Kier alpha value is -0.620. The lowest BCUT2D eigenvalue weighted by Gasteiger charge is -2.30. The summed E-state index contributed by atoms with van der Waals surface area (Å²) < 4.78 is 21.7. The van der Waals surface area contributed by atoms with Crippen LogP contribution in [0.1, 0.15) is 40.0 Å². The van der Waals surface area contributed by atoms with Crippen molar-refractivity contribution in [3.05, 3.63) is 0 Å². The molecule has 2 unspecified atom stereocenters. The summed E-state index contributed by atoms with van der Waals surface area (Å²) in [6.07, 6.45) is 4.40. The summed E-state index contributed by atoms with van der Waals surface area (Å²) in [7, 11) is -3.40. The van der Waals surface area contributed by atoms with Gasteiger partial charge in [-0.25, -0.2) is 8.42 Å². The highest BCUT2D eigenvalue weighted by molar-refractivity contribution is 7.92. The van der Waals surface area contributed by atoms with E-state index >= 15 is 0 Å². The summed E-state index contributed by atoms with van der Waals surface area (Å²) >= 11 is 0. The zero-order chi connectivity index (χ0) is 14.0. The van der Waals surface area contributed by atoms with E-state index in [4.69, 9.17) is 0 Å². The number of amides is 1. The predicted octanol–water partition coefficient (Wildman–Crippen LogP) is 0.456. The number of nitrogens with one attached hydrogen (secondary N) is 2. The van der Waals surface area contributed by atoms with Crippen molar-refractivity contribution in [2.45, 2.75) is 56.9 Å². The van der Waals surface area contributed by atoms with Gasteiger partial charge in [0.05, 0.1) is 0 Å². The fourth-order valence-electron chi connectivity index (χ4n) is 2.00. The van der Waals surface area contributed by atoms with E-state index in [-0.39, 0.29) is 6.04 Å². The second-order valence-electron chi connectivity index (χ2n) is 5.69. The van der Waals surface area contributed by atoms with Crippen molar-refractivity contribution < 1.29 is 13.2 Å². The number of carbonyl (C=O) groups is 1. The molecule has 0 radical (unpaired) electrons. The Morgan fingerprint density at radius 2 is 2.00 bits per heavy atom. The van der Waals surface area contributed by atoms with Crippen molar-refractivity contribution in [3.8, 4) is 0 Å². The first-order valence-corrected chi connectivity index (χ1v) is 8.27. The summed E-state index contributed by atoms with van der Waals surface area (Å²) in [5.41, 5.74) is 0. The standard InChI is InChI=1S/C12H24N2O3S/c1-9-6-5-7-10(14-9)8-13-11(15)12(2,3)18(4,16)17/h9-10,14H,5-8H2,1-4H3,(H,13,15). The lowest BCUT2D eigenvalue weighted by atomic mass is 9.99. The van der Waals surface area contributed by atoms with Crippen molar-refractivity contribution in [2.24, 2.45) is 0 Å². The van der Waals surface area contributed by atoms with Crippen LogP contribution in [0.2, 0.25) is 0 Å². The summed E-state index contributed by atoms with van der Waals surface area (Å²) in [5, 5.41) is 6.14. The SMILES string of the molecule is CC1CCCC(CNC(=O)C(C)(C)S(C)(=O)=O)N1. The third-order valence-corrected chi connectivity index (χ3v) is 5.73. The number of rotatable bonds is 4. The van der Waals surface area contributed by atoms with Gasteiger partial charge in [0, 0.05) is 24.9 Å². The molecule has 6 heteroatoms. The van der Waals surface area contributed by atoms with Crippen LogP contribution in [-0.4, -0.2) is 44.0 Å². The van der Waals surface area contributed by atoms with Crippen molar-refractivity contribution in [1.29, 1.82) is 0 Å². The van der Waals surface area contributed by atoms with E-state index in [9.17, 15) is 13.2 Å². The number of sulfone groups is 1. The molecular weight excluding hydrogens is 252 g/mol. The first-order valence-electron chi connectivity index (χ1n) is 6.38. The average molecular weight is 276 g/mol. The lowest BCUT2D eigenvalue weighted by molar-refractivity contribution is -0.123. The molecule has 1 aliphatic rings. The predicted molar refractivity (Wildman–Crippen MR) is 72.2 cm³/mol. The van der Waals surface area contributed by atoms with Crippen molar-refractivity contribution in [3.63, 3.8) is 0 Å². The minimum absolute atomic E-state index is 0.244. The van der Waals surface area contributed by atoms with Gasteiger partial charge in [0.25, 0.3) is 0 Å². The van der Waals surface area contributed by atoms with Gasteiger partial charge in [-0.15, -0.1) is 0 Å². The molecule has 0 spiro atoms. The topological polar surface area (TPSA) is 75.3 Å². The summed E-state index contributed by atoms with van der Waals surface area (Å²) in [6.45, 7) is 5.49. The van der Waals surface area contributed by atoms with Gasteiger partial charge < -0.3 is 10.6 Å². The van der Waals surface area contributed by atoms with Gasteiger partial charge in [0.15, 0.2) is 9.84 Å². The Bertz CT molecular complexity index is 404. The van der Waals surface area contributed by atoms with Gasteiger partial charge in [-0.3, -0.25) is 4.79 Å². The molecule has 2 atom stereocenters. The van der Waals surface area contributed by atoms with Gasteiger partial charge in [0.2, 0.25) is 5.91 Å². The van der Waals surface area contributed by atoms with E-state index in [0.717, 1.165) is 25.5 Å². The van der Waals surface area contributed by atoms with Crippen molar-refractivity contribution >= 4 is 15.7 Å². The number of hydrogen-bond acceptors (Lipinski definition) is 4. The Balaban J connectivity index is 2.51. The molecule has 0 aliphatic carbocycles. The Morgan fingerprint density at radius 3 is 2.50 bits per heavy atom. The molecule has 1 amide bonds. The average Bonchev–Trinajstić information content (AvgIpc) is 2.24. The largest absolute Gasteiger partial charge is 0.353 e. The molecule has 1 heterocycles. The second-order valence-corrected chi connectivity index (χ2v) is 8.25. The smallest absolute Gasteiger partial charge is 0.240 e. The third kappa shape index (κ3) is 3.68. The first kappa shape index (κ1) is 15.4. The van der Waals surface area contributed by atoms with Gasteiger partial charge in [-0.2, -0.15) is 0 Å². The summed E-state index contributed by atoms with van der Waals surface area (Å²) in [4.78, 5) is 11.9. The normalized spacial score (nSPS) is 25.8. The number of piperidine rings is 1. The van der Waals surface area contributed by atoms with Crippen LogP contribution >= 0.6 is 0 Å². The van der Waals surface area contributed by atoms with Gasteiger partial charge >= 0.3 is 0 Å². The first-order chi connectivity index (χ1) is 8.14. The van der Waals surface area contributed by atoms with E-state index in [0.29, 0.717) is 12.6 Å². The van der Waals surface area contributed by atoms with Crippen LogP contribution in [0.4, 0.5) is 0 Å².